The summed E-state index contributed by atoms with van der Waals surface area (Å²) >= 11 is 0. The lowest BCUT2D eigenvalue weighted by molar-refractivity contribution is -0.137. The normalized spacial score (nSPS) is 15.0. The Labute approximate surface area is 165 Å². The fourth-order valence-electron chi connectivity index (χ4n) is 3.60. The smallest absolute Gasteiger partial charge is 0.368 e. The molecule has 1 fully saturated rings. The second-order valence-corrected chi connectivity index (χ2v) is 6.93. The zero-order valence-electron chi connectivity index (χ0n) is 15.5. The van der Waals surface area contributed by atoms with Gasteiger partial charge in [0.05, 0.1) is 16.6 Å². The van der Waals surface area contributed by atoms with Crippen LogP contribution < -0.4 is 15.5 Å². The summed E-state index contributed by atoms with van der Waals surface area (Å²) in [7, 11) is 0. The Morgan fingerprint density at radius 2 is 1.62 bits per heavy atom. The van der Waals surface area contributed by atoms with Crippen molar-refractivity contribution in [1.29, 1.82) is 0 Å². The van der Waals surface area contributed by atoms with E-state index in [1.165, 1.54) is 12.1 Å². The van der Waals surface area contributed by atoms with Crippen LogP contribution in [0.15, 0.2) is 54.6 Å². The molecule has 1 amide bonds. The van der Waals surface area contributed by atoms with Gasteiger partial charge < -0.3 is 15.5 Å². The molecule has 0 aliphatic carbocycles. The number of aromatic nitrogens is 1. The molecule has 0 atom stereocenters. The van der Waals surface area contributed by atoms with Crippen molar-refractivity contribution in [2.75, 3.05) is 36.0 Å². The molecule has 0 bridgehead atoms. The molecule has 0 spiro atoms. The van der Waals surface area contributed by atoms with Crippen molar-refractivity contribution in [1.82, 2.24) is 4.98 Å². The number of carbonyl (C=O) groups is 1. The Bertz CT molecular complexity index is 1060. The van der Waals surface area contributed by atoms with Gasteiger partial charge in [0, 0.05) is 37.3 Å². The number of benzene rings is 2. The predicted octanol–water partition coefficient (Wildman–Crippen LogP) is 3.68. The van der Waals surface area contributed by atoms with Gasteiger partial charge in [-0.05, 0) is 30.3 Å². The van der Waals surface area contributed by atoms with Gasteiger partial charge in [-0.15, -0.1) is 0 Å². The van der Waals surface area contributed by atoms with Crippen LogP contribution in [0.3, 0.4) is 0 Å². The second kappa shape index (κ2) is 7.27. The summed E-state index contributed by atoms with van der Waals surface area (Å²) in [4.78, 5) is 20.4. The number of anilines is 2. The molecule has 3 aromatic rings. The zero-order valence-corrected chi connectivity index (χ0v) is 15.5. The number of halogens is 3. The first-order chi connectivity index (χ1) is 13.8. The minimum Gasteiger partial charge on any atom is -0.368 e. The van der Waals surface area contributed by atoms with Crippen molar-refractivity contribution in [2.24, 2.45) is 5.73 Å². The van der Waals surface area contributed by atoms with Crippen molar-refractivity contribution in [3.8, 4) is 0 Å². The number of pyridine rings is 1. The highest BCUT2D eigenvalue weighted by molar-refractivity contribution is 6.06. The van der Waals surface area contributed by atoms with Crippen LogP contribution in [0.4, 0.5) is 24.7 Å². The van der Waals surface area contributed by atoms with Gasteiger partial charge in [0.25, 0.3) is 0 Å². The number of piperazine rings is 1. The van der Waals surface area contributed by atoms with E-state index >= 15 is 0 Å². The third-order valence-electron chi connectivity index (χ3n) is 5.11. The van der Waals surface area contributed by atoms with Crippen molar-refractivity contribution < 1.29 is 18.0 Å². The third-order valence-corrected chi connectivity index (χ3v) is 5.11. The molecule has 0 radical (unpaired) electrons. The molecular formula is C21H19F3N4O. The molecule has 29 heavy (non-hydrogen) atoms. The van der Waals surface area contributed by atoms with Crippen LogP contribution in [0, 0.1) is 0 Å². The molecule has 2 heterocycles. The SMILES string of the molecule is NC(=O)c1cc(N2CCN(c3cccc(C(F)(F)F)c3)CC2)nc2ccccc12. The lowest BCUT2D eigenvalue weighted by atomic mass is 10.1. The van der Waals surface area contributed by atoms with Gasteiger partial charge >= 0.3 is 6.18 Å². The molecule has 150 valence electrons. The molecule has 1 saturated heterocycles. The fourth-order valence-corrected chi connectivity index (χ4v) is 3.60. The minimum atomic E-state index is -4.36. The Hall–Kier alpha value is -3.29. The van der Waals surface area contributed by atoms with E-state index in [2.05, 4.69) is 4.98 Å². The van der Waals surface area contributed by atoms with Crippen LogP contribution >= 0.6 is 0 Å². The first-order valence-electron chi connectivity index (χ1n) is 9.20. The van der Waals surface area contributed by atoms with Gasteiger partial charge in [0.1, 0.15) is 5.82 Å². The highest BCUT2D eigenvalue weighted by atomic mass is 19.4. The molecule has 4 rings (SSSR count). The lowest BCUT2D eigenvalue weighted by Crippen LogP contribution is -2.47. The van der Waals surface area contributed by atoms with Crippen molar-refractivity contribution in [3.05, 3.63) is 65.7 Å². The number of nitrogens with two attached hydrogens (primary N) is 1. The fraction of sp³-hybridized carbons (Fsp3) is 0.238. The van der Waals surface area contributed by atoms with E-state index in [4.69, 9.17) is 5.73 Å². The summed E-state index contributed by atoms with van der Waals surface area (Å²) in [5, 5.41) is 0.700. The number of hydrogen-bond acceptors (Lipinski definition) is 4. The largest absolute Gasteiger partial charge is 0.416 e. The van der Waals surface area contributed by atoms with Gasteiger partial charge in [-0.25, -0.2) is 4.98 Å². The van der Waals surface area contributed by atoms with Crippen LogP contribution in [0.25, 0.3) is 10.9 Å². The molecule has 1 aliphatic rings. The highest BCUT2D eigenvalue weighted by Crippen LogP contribution is 2.32. The number of alkyl halides is 3. The molecule has 2 aromatic carbocycles. The topological polar surface area (TPSA) is 62.5 Å². The summed E-state index contributed by atoms with van der Waals surface area (Å²) in [6.45, 7) is 2.23. The molecule has 1 aliphatic heterocycles. The predicted molar refractivity (Wildman–Crippen MR) is 106 cm³/mol. The molecule has 8 heteroatoms. The van der Waals surface area contributed by atoms with Crippen molar-refractivity contribution in [3.63, 3.8) is 0 Å². The van der Waals surface area contributed by atoms with Crippen LogP contribution in [-0.2, 0) is 6.18 Å². The number of fused-ring (bicyclic) bond motifs is 1. The Morgan fingerprint density at radius 1 is 0.931 bits per heavy atom. The van der Waals surface area contributed by atoms with Crippen molar-refractivity contribution in [2.45, 2.75) is 6.18 Å². The van der Waals surface area contributed by atoms with E-state index in [1.807, 2.05) is 28.0 Å². The van der Waals surface area contributed by atoms with Crippen LogP contribution in [0.5, 0.6) is 0 Å². The van der Waals surface area contributed by atoms with Gasteiger partial charge in [-0.1, -0.05) is 24.3 Å². The summed E-state index contributed by atoms with van der Waals surface area (Å²) in [5.74, 6) is 0.119. The maximum atomic E-state index is 13.0. The molecule has 0 saturated carbocycles. The molecule has 1 aromatic heterocycles. The van der Waals surface area contributed by atoms with Crippen LogP contribution in [-0.4, -0.2) is 37.1 Å². The average Bonchev–Trinajstić information content (AvgIpc) is 2.72. The van der Waals surface area contributed by atoms with Crippen LogP contribution in [0.1, 0.15) is 15.9 Å². The first kappa shape index (κ1) is 19.0. The van der Waals surface area contributed by atoms with Gasteiger partial charge in [-0.2, -0.15) is 13.2 Å². The number of primary amides is 1. The highest BCUT2D eigenvalue weighted by Gasteiger charge is 2.31. The quantitative estimate of drug-likeness (QED) is 0.729. The van der Waals surface area contributed by atoms with E-state index in [9.17, 15) is 18.0 Å². The summed E-state index contributed by atoms with van der Waals surface area (Å²) in [5.41, 5.74) is 6.52. The zero-order chi connectivity index (χ0) is 20.6. The van der Waals surface area contributed by atoms with E-state index < -0.39 is 17.6 Å². The summed E-state index contributed by atoms with van der Waals surface area (Å²) in [6, 6.07) is 14.3. The third kappa shape index (κ3) is 3.83. The summed E-state index contributed by atoms with van der Waals surface area (Å²) < 4.78 is 38.9. The van der Waals surface area contributed by atoms with E-state index in [0.29, 0.717) is 54.2 Å². The van der Waals surface area contributed by atoms with Gasteiger partial charge in [-0.3, -0.25) is 4.79 Å². The van der Waals surface area contributed by atoms with Crippen LogP contribution in [0.2, 0.25) is 0 Å². The van der Waals surface area contributed by atoms with Gasteiger partial charge in [0.2, 0.25) is 5.91 Å². The minimum absolute atomic E-state index is 0.408. The average molecular weight is 400 g/mol. The maximum Gasteiger partial charge on any atom is 0.416 e. The number of para-hydroxylation sites is 1. The number of amides is 1. The number of nitrogens with zero attached hydrogens (tertiary/aromatic N) is 3. The summed E-state index contributed by atoms with van der Waals surface area (Å²) in [6.07, 6.45) is -4.36. The molecular weight excluding hydrogens is 381 g/mol. The molecule has 5 nitrogen and oxygen atoms in total. The van der Waals surface area contributed by atoms with E-state index in [0.717, 1.165) is 6.07 Å². The molecule has 2 N–H and O–H groups in total. The van der Waals surface area contributed by atoms with Gasteiger partial charge in [0.15, 0.2) is 0 Å². The Morgan fingerprint density at radius 3 is 2.31 bits per heavy atom. The molecule has 0 unspecified atom stereocenters. The number of carbonyl (C=O) groups excluding carboxylic acids is 1. The standard InChI is InChI=1S/C21H19F3N4O/c22-21(23,24)14-4-3-5-15(12-14)27-8-10-28(11-9-27)19-13-17(20(25)29)16-6-1-2-7-18(16)26-19/h1-7,12-13H,8-11H2,(H2,25,29). The first-order valence-corrected chi connectivity index (χ1v) is 9.20. The maximum absolute atomic E-state index is 13.0. The lowest BCUT2D eigenvalue weighted by Gasteiger charge is -2.37. The Balaban J connectivity index is 1.55. The number of rotatable bonds is 3. The second-order valence-electron chi connectivity index (χ2n) is 6.93. The van der Waals surface area contributed by atoms with Crippen molar-refractivity contribution >= 4 is 28.3 Å². The Kier molecular flexibility index (Phi) is 4.77. The van der Waals surface area contributed by atoms with E-state index in [-0.39, 0.29) is 0 Å². The number of hydrogen-bond donors (Lipinski definition) is 1. The monoisotopic (exact) mass is 400 g/mol. The van der Waals surface area contributed by atoms with E-state index in [1.54, 1.807) is 18.2 Å².